The van der Waals surface area contributed by atoms with Crippen LogP contribution in [0.3, 0.4) is 0 Å². The summed E-state index contributed by atoms with van der Waals surface area (Å²) in [5.41, 5.74) is -1.01. The molecular formula is C9H12ClN3O3. The van der Waals surface area contributed by atoms with E-state index < -0.39 is 11.2 Å². The molecule has 0 aliphatic carbocycles. The first-order chi connectivity index (χ1) is 7.58. The molecule has 88 valence electrons. The van der Waals surface area contributed by atoms with Crippen LogP contribution in [-0.2, 0) is 13.1 Å². The Bertz CT molecular complexity index is 530. The zero-order chi connectivity index (χ0) is 12.3. The molecule has 7 heteroatoms. The second-order valence-corrected chi connectivity index (χ2v) is 3.38. The van der Waals surface area contributed by atoms with Crippen LogP contribution in [0.4, 0.5) is 0 Å². The van der Waals surface area contributed by atoms with Crippen LogP contribution in [0, 0.1) is 0 Å². The molecule has 0 saturated heterocycles. The van der Waals surface area contributed by atoms with E-state index in [0.29, 0.717) is 6.54 Å². The van der Waals surface area contributed by atoms with Gasteiger partial charge in [-0.15, -0.1) is 0 Å². The van der Waals surface area contributed by atoms with E-state index >= 15 is 0 Å². The van der Waals surface area contributed by atoms with E-state index in [4.69, 9.17) is 16.8 Å². The number of oxime groups is 1. The highest BCUT2D eigenvalue weighted by Crippen LogP contribution is 2.07. The first kappa shape index (κ1) is 12.5. The number of aromatic nitrogens is 2. The Morgan fingerprint density at radius 2 is 1.88 bits per heavy atom. The van der Waals surface area contributed by atoms with Crippen molar-refractivity contribution >= 4 is 17.8 Å². The molecule has 0 aliphatic heterocycles. The number of hydrogen-bond donors (Lipinski definition) is 1. The van der Waals surface area contributed by atoms with E-state index in [1.807, 2.05) is 0 Å². The van der Waals surface area contributed by atoms with E-state index in [-0.39, 0.29) is 17.3 Å². The highest BCUT2D eigenvalue weighted by molar-refractivity contribution is 6.32. The van der Waals surface area contributed by atoms with Gasteiger partial charge in [0, 0.05) is 13.1 Å². The summed E-state index contributed by atoms with van der Waals surface area (Å²) in [5, 5.41) is 11.2. The van der Waals surface area contributed by atoms with Gasteiger partial charge in [0.2, 0.25) is 0 Å². The Labute approximate surface area is 96.4 Å². The number of nitrogens with zero attached hydrogens (tertiary/aromatic N) is 3. The van der Waals surface area contributed by atoms with Crippen molar-refractivity contribution in [1.29, 1.82) is 0 Å². The number of hydrogen-bond acceptors (Lipinski definition) is 4. The van der Waals surface area contributed by atoms with Crippen molar-refractivity contribution in [3.05, 3.63) is 31.6 Å². The molecule has 1 N–H and O–H groups in total. The molecule has 1 aromatic rings. The fraction of sp³-hybridized carbons (Fsp3) is 0.444. The van der Waals surface area contributed by atoms with Gasteiger partial charge in [0.15, 0.2) is 0 Å². The Morgan fingerprint density at radius 1 is 1.31 bits per heavy atom. The zero-order valence-electron chi connectivity index (χ0n) is 8.97. The molecule has 0 aliphatic rings. The molecule has 0 atom stereocenters. The molecule has 0 unspecified atom stereocenters. The normalized spacial score (nSPS) is 11.2. The quantitative estimate of drug-likeness (QED) is 0.365. The molecule has 0 amide bonds. The van der Waals surface area contributed by atoms with Gasteiger partial charge < -0.3 is 5.21 Å². The van der Waals surface area contributed by atoms with E-state index in [0.717, 1.165) is 10.8 Å². The van der Waals surface area contributed by atoms with Gasteiger partial charge in [0.1, 0.15) is 5.15 Å². The van der Waals surface area contributed by atoms with E-state index in [2.05, 4.69) is 5.16 Å². The summed E-state index contributed by atoms with van der Waals surface area (Å²) in [6.45, 7) is 3.99. The molecule has 1 heterocycles. The smallest absolute Gasteiger partial charge is 0.332 e. The zero-order valence-corrected chi connectivity index (χ0v) is 9.73. The lowest BCUT2D eigenvalue weighted by atomic mass is 10.3. The monoisotopic (exact) mass is 245 g/mol. The fourth-order valence-corrected chi connectivity index (χ4v) is 1.74. The van der Waals surface area contributed by atoms with Crippen LogP contribution < -0.4 is 11.2 Å². The van der Waals surface area contributed by atoms with Crippen LogP contribution in [0.2, 0.25) is 5.15 Å². The molecule has 6 nitrogen and oxygen atoms in total. The molecule has 0 saturated carbocycles. The van der Waals surface area contributed by atoms with Gasteiger partial charge in [0.05, 0.1) is 11.8 Å². The highest BCUT2D eigenvalue weighted by atomic mass is 35.5. The molecule has 0 spiro atoms. The second-order valence-electron chi connectivity index (χ2n) is 3.03. The maximum Gasteiger partial charge on any atom is 0.332 e. The van der Waals surface area contributed by atoms with Crippen LogP contribution in [0.5, 0.6) is 0 Å². The van der Waals surface area contributed by atoms with Crippen LogP contribution in [0.25, 0.3) is 0 Å². The minimum Gasteiger partial charge on any atom is -0.411 e. The van der Waals surface area contributed by atoms with Gasteiger partial charge >= 0.3 is 5.69 Å². The first-order valence-electron chi connectivity index (χ1n) is 4.79. The maximum atomic E-state index is 11.8. The number of rotatable bonds is 3. The van der Waals surface area contributed by atoms with Gasteiger partial charge in [-0.3, -0.25) is 13.9 Å². The van der Waals surface area contributed by atoms with Gasteiger partial charge in [-0.05, 0) is 13.8 Å². The lowest BCUT2D eigenvalue weighted by Gasteiger charge is -2.10. The third-order valence-electron chi connectivity index (χ3n) is 2.22. The average Bonchev–Trinajstić information content (AvgIpc) is 2.26. The summed E-state index contributed by atoms with van der Waals surface area (Å²) in [6.07, 6.45) is 0.933. The Kier molecular flexibility index (Phi) is 3.89. The topological polar surface area (TPSA) is 76.6 Å². The predicted octanol–water partition coefficient (Wildman–Crippen LogP) is 0.511. The first-order valence-corrected chi connectivity index (χ1v) is 5.16. The lowest BCUT2D eigenvalue weighted by molar-refractivity contribution is 0.321. The fourth-order valence-electron chi connectivity index (χ4n) is 1.41. The molecule has 0 fully saturated rings. The molecule has 1 aromatic heterocycles. The molecule has 0 radical (unpaired) electrons. The maximum absolute atomic E-state index is 11.8. The van der Waals surface area contributed by atoms with Crippen LogP contribution in [-0.4, -0.2) is 20.6 Å². The molecule has 1 rings (SSSR count). The van der Waals surface area contributed by atoms with Gasteiger partial charge in [-0.1, -0.05) is 16.8 Å². The summed E-state index contributed by atoms with van der Waals surface area (Å²) in [4.78, 5) is 23.5. The van der Waals surface area contributed by atoms with Crippen molar-refractivity contribution in [2.75, 3.05) is 0 Å². The minimum absolute atomic E-state index is 0.00691. The largest absolute Gasteiger partial charge is 0.411 e. The molecule has 0 aromatic carbocycles. The summed E-state index contributed by atoms with van der Waals surface area (Å²) in [5.74, 6) is 0. The lowest BCUT2D eigenvalue weighted by Crippen LogP contribution is -2.41. The van der Waals surface area contributed by atoms with Crippen molar-refractivity contribution in [2.45, 2.75) is 26.9 Å². The van der Waals surface area contributed by atoms with Crippen LogP contribution in [0.1, 0.15) is 19.4 Å². The highest BCUT2D eigenvalue weighted by Gasteiger charge is 2.14. The van der Waals surface area contributed by atoms with E-state index in [1.54, 1.807) is 13.8 Å². The van der Waals surface area contributed by atoms with Crippen molar-refractivity contribution in [3.8, 4) is 0 Å². The summed E-state index contributed by atoms with van der Waals surface area (Å²) >= 11 is 5.87. The van der Waals surface area contributed by atoms with Gasteiger partial charge in [-0.2, -0.15) is 0 Å². The predicted molar refractivity (Wildman–Crippen MR) is 60.7 cm³/mol. The third kappa shape index (κ3) is 1.88. The van der Waals surface area contributed by atoms with Crippen molar-refractivity contribution < 1.29 is 5.21 Å². The van der Waals surface area contributed by atoms with Crippen molar-refractivity contribution in [1.82, 2.24) is 9.13 Å². The minimum atomic E-state index is -0.556. The van der Waals surface area contributed by atoms with Gasteiger partial charge in [-0.25, -0.2) is 4.79 Å². The van der Waals surface area contributed by atoms with Crippen LogP contribution >= 0.6 is 11.6 Å². The van der Waals surface area contributed by atoms with E-state index in [1.165, 1.54) is 4.57 Å². The summed E-state index contributed by atoms with van der Waals surface area (Å²) < 4.78 is 2.27. The van der Waals surface area contributed by atoms with Gasteiger partial charge in [0.25, 0.3) is 5.56 Å². The standard InChI is InChI=1S/C9H12ClN3O3/c1-3-12-7(10)6(5-11-16)8(14)13(4-2)9(12)15/h5,16H,3-4H2,1-2H3. The van der Waals surface area contributed by atoms with Crippen LogP contribution in [0.15, 0.2) is 14.7 Å². The number of halogens is 1. The van der Waals surface area contributed by atoms with Crippen molar-refractivity contribution in [3.63, 3.8) is 0 Å². The Balaban J connectivity index is 3.77. The van der Waals surface area contributed by atoms with E-state index in [9.17, 15) is 9.59 Å². The Hall–Kier alpha value is -1.56. The molecular weight excluding hydrogens is 234 g/mol. The summed E-state index contributed by atoms with van der Waals surface area (Å²) in [6, 6.07) is 0. The van der Waals surface area contributed by atoms with Crippen molar-refractivity contribution in [2.24, 2.45) is 5.16 Å². The SMILES string of the molecule is CCn1c(Cl)c(C=NO)c(=O)n(CC)c1=O. The Morgan fingerprint density at radius 3 is 2.31 bits per heavy atom. The average molecular weight is 246 g/mol. The summed E-state index contributed by atoms with van der Waals surface area (Å²) in [7, 11) is 0. The second kappa shape index (κ2) is 4.98. The third-order valence-corrected chi connectivity index (χ3v) is 2.62. The molecule has 0 bridgehead atoms. The molecule has 16 heavy (non-hydrogen) atoms.